The van der Waals surface area contributed by atoms with Crippen molar-refractivity contribution in [3.05, 3.63) is 28.2 Å². The molecule has 1 aliphatic carbocycles. The second-order valence-corrected chi connectivity index (χ2v) is 5.89. The van der Waals surface area contributed by atoms with Gasteiger partial charge in [-0.05, 0) is 37.6 Å². The molecule has 1 aromatic rings. The van der Waals surface area contributed by atoms with Crippen molar-refractivity contribution >= 4 is 21.8 Å². The highest BCUT2D eigenvalue weighted by Crippen LogP contribution is 2.23. The van der Waals surface area contributed by atoms with Gasteiger partial charge in [-0.2, -0.15) is 0 Å². The lowest BCUT2D eigenvalue weighted by Gasteiger charge is -2.12. The molecule has 1 fully saturated rings. The predicted molar refractivity (Wildman–Crippen MR) is 82.8 cm³/mol. The number of rotatable bonds is 8. The van der Waals surface area contributed by atoms with Gasteiger partial charge in [-0.1, -0.05) is 22.9 Å². The quantitative estimate of drug-likeness (QED) is 0.764. The SMILES string of the molecule is CCNCc1cc(Br)ccc1OCCC(=O)NC1CC1. The Hall–Kier alpha value is -1.07. The van der Waals surface area contributed by atoms with Crippen LogP contribution in [0.25, 0.3) is 0 Å². The summed E-state index contributed by atoms with van der Waals surface area (Å²) < 4.78 is 6.77. The van der Waals surface area contributed by atoms with Gasteiger partial charge in [0, 0.05) is 22.6 Å². The van der Waals surface area contributed by atoms with Crippen LogP contribution in [0, 0.1) is 0 Å². The Balaban J connectivity index is 1.82. The molecule has 0 aromatic heterocycles. The molecule has 0 unspecified atom stereocenters. The molecule has 20 heavy (non-hydrogen) atoms. The number of hydrogen-bond donors (Lipinski definition) is 2. The number of carbonyl (C=O) groups excluding carboxylic acids is 1. The zero-order valence-corrected chi connectivity index (χ0v) is 13.3. The van der Waals surface area contributed by atoms with Crippen LogP contribution in [0.5, 0.6) is 5.75 Å². The van der Waals surface area contributed by atoms with E-state index in [-0.39, 0.29) is 5.91 Å². The number of ether oxygens (including phenoxy) is 1. The third kappa shape index (κ3) is 5.13. The minimum Gasteiger partial charge on any atom is -0.493 e. The third-order valence-electron chi connectivity index (χ3n) is 3.12. The molecule has 110 valence electrons. The molecule has 2 rings (SSSR count). The molecule has 5 heteroatoms. The second kappa shape index (κ2) is 7.64. The van der Waals surface area contributed by atoms with E-state index in [0.29, 0.717) is 19.1 Å². The average molecular weight is 341 g/mol. The zero-order valence-electron chi connectivity index (χ0n) is 11.7. The molecule has 0 saturated heterocycles. The lowest BCUT2D eigenvalue weighted by Crippen LogP contribution is -2.26. The Kier molecular flexibility index (Phi) is 5.86. The van der Waals surface area contributed by atoms with Crippen LogP contribution < -0.4 is 15.4 Å². The van der Waals surface area contributed by atoms with Gasteiger partial charge in [-0.3, -0.25) is 4.79 Å². The minimum atomic E-state index is 0.0813. The minimum absolute atomic E-state index is 0.0813. The van der Waals surface area contributed by atoms with Crippen molar-refractivity contribution < 1.29 is 9.53 Å². The summed E-state index contributed by atoms with van der Waals surface area (Å²) in [5.41, 5.74) is 1.10. The Labute approximate surface area is 128 Å². The molecule has 0 radical (unpaired) electrons. The number of halogens is 1. The van der Waals surface area contributed by atoms with Gasteiger partial charge in [0.1, 0.15) is 5.75 Å². The highest BCUT2D eigenvalue weighted by molar-refractivity contribution is 9.10. The van der Waals surface area contributed by atoms with Gasteiger partial charge in [0.25, 0.3) is 0 Å². The standard InChI is InChI=1S/C15H21BrN2O2/c1-2-17-10-11-9-12(16)3-6-14(11)20-8-7-15(19)18-13-4-5-13/h3,6,9,13,17H,2,4-5,7-8,10H2,1H3,(H,18,19). The van der Waals surface area contributed by atoms with Gasteiger partial charge in [0.15, 0.2) is 0 Å². The summed E-state index contributed by atoms with van der Waals surface area (Å²) in [6, 6.07) is 6.35. The van der Waals surface area contributed by atoms with Crippen LogP contribution in [0.15, 0.2) is 22.7 Å². The van der Waals surface area contributed by atoms with Crippen LogP contribution in [0.1, 0.15) is 31.7 Å². The number of carbonyl (C=O) groups is 1. The maximum Gasteiger partial charge on any atom is 0.223 e. The van der Waals surface area contributed by atoms with Crippen LogP contribution in [0.3, 0.4) is 0 Å². The molecule has 0 atom stereocenters. The maximum atomic E-state index is 11.6. The van der Waals surface area contributed by atoms with E-state index in [2.05, 4.69) is 33.5 Å². The van der Waals surface area contributed by atoms with Crippen molar-refractivity contribution in [1.29, 1.82) is 0 Å². The molecule has 1 aromatic carbocycles. The summed E-state index contributed by atoms with van der Waals surface area (Å²) in [4.78, 5) is 11.6. The first kappa shape index (κ1) is 15.3. The molecule has 0 spiro atoms. The zero-order chi connectivity index (χ0) is 14.4. The third-order valence-corrected chi connectivity index (χ3v) is 3.61. The number of hydrogen-bond acceptors (Lipinski definition) is 3. The lowest BCUT2D eigenvalue weighted by molar-refractivity contribution is -0.121. The van der Waals surface area contributed by atoms with Crippen molar-refractivity contribution in [3.8, 4) is 5.75 Å². The van der Waals surface area contributed by atoms with E-state index in [4.69, 9.17) is 4.74 Å². The second-order valence-electron chi connectivity index (χ2n) is 4.97. The first-order valence-electron chi connectivity index (χ1n) is 7.10. The maximum absolute atomic E-state index is 11.6. The highest BCUT2D eigenvalue weighted by Gasteiger charge is 2.22. The van der Waals surface area contributed by atoms with Gasteiger partial charge in [-0.25, -0.2) is 0 Å². The molecule has 1 amide bonds. The van der Waals surface area contributed by atoms with E-state index < -0.39 is 0 Å². The molecule has 4 nitrogen and oxygen atoms in total. The van der Waals surface area contributed by atoms with Gasteiger partial charge >= 0.3 is 0 Å². The molecule has 0 bridgehead atoms. The topological polar surface area (TPSA) is 50.4 Å². The Bertz CT molecular complexity index is 461. The van der Waals surface area contributed by atoms with Gasteiger partial charge in [0.05, 0.1) is 13.0 Å². The van der Waals surface area contributed by atoms with E-state index in [1.165, 1.54) is 0 Å². The summed E-state index contributed by atoms with van der Waals surface area (Å²) in [5, 5.41) is 6.24. The smallest absolute Gasteiger partial charge is 0.223 e. The fourth-order valence-electron chi connectivity index (χ4n) is 1.87. The van der Waals surface area contributed by atoms with Gasteiger partial charge in [-0.15, -0.1) is 0 Å². The molecule has 1 aliphatic rings. The van der Waals surface area contributed by atoms with Crippen LogP contribution >= 0.6 is 15.9 Å². The van der Waals surface area contributed by atoms with Crippen LogP contribution in [-0.4, -0.2) is 25.1 Å². The Morgan fingerprint density at radius 2 is 2.25 bits per heavy atom. The number of amides is 1. The van der Waals surface area contributed by atoms with Crippen LogP contribution in [0.2, 0.25) is 0 Å². The van der Waals surface area contributed by atoms with E-state index in [9.17, 15) is 4.79 Å². The monoisotopic (exact) mass is 340 g/mol. The summed E-state index contributed by atoms with van der Waals surface area (Å²) >= 11 is 3.47. The van der Waals surface area contributed by atoms with Crippen molar-refractivity contribution in [2.75, 3.05) is 13.2 Å². The van der Waals surface area contributed by atoms with Gasteiger partial charge < -0.3 is 15.4 Å². The molecule has 1 saturated carbocycles. The summed E-state index contributed by atoms with van der Waals surface area (Å²) in [7, 11) is 0. The van der Waals surface area contributed by atoms with Crippen LogP contribution in [-0.2, 0) is 11.3 Å². The van der Waals surface area contributed by atoms with E-state index in [1.54, 1.807) is 0 Å². The molecule has 0 heterocycles. The summed E-state index contributed by atoms with van der Waals surface area (Å²) in [6.45, 7) is 4.16. The first-order valence-corrected chi connectivity index (χ1v) is 7.89. The molecule has 0 aliphatic heterocycles. The van der Waals surface area contributed by atoms with Crippen molar-refractivity contribution in [2.45, 2.75) is 38.8 Å². The van der Waals surface area contributed by atoms with E-state index in [1.807, 2.05) is 18.2 Å². The normalized spacial score (nSPS) is 14.1. The van der Waals surface area contributed by atoms with Crippen LogP contribution in [0.4, 0.5) is 0 Å². The largest absolute Gasteiger partial charge is 0.493 e. The Morgan fingerprint density at radius 1 is 1.45 bits per heavy atom. The number of benzene rings is 1. The van der Waals surface area contributed by atoms with Crippen molar-refractivity contribution in [1.82, 2.24) is 10.6 Å². The summed E-state index contributed by atoms with van der Waals surface area (Å²) in [5.74, 6) is 0.922. The average Bonchev–Trinajstić information content (AvgIpc) is 3.22. The van der Waals surface area contributed by atoms with Crippen molar-refractivity contribution in [3.63, 3.8) is 0 Å². The predicted octanol–water partition coefficient (Wildman–Crippen LogP) is 2.61. The summed E-state index contributed by atoms with van der Waals surface area (Å²) in [6.07, 6.45) is 2.64. The van der Waals surface area contributed by atoms with Crippen molar-refractivity contribution in [2.24, 2.45) is 0 Å². The molecule has 2 N–H and O–H groups in total. The molecular formula is C15H21BrN2O2. The van der Waals surface area contributed by atoms with Gasteiger partial charge in [0.2, 0.25) is 5.91 Å². The first-order chi connectivity index (χ1) is 9.69. The fraction of sp³-hybridized carbons (Fsp3) is 0.533. The molecular weight excluding hydrogens is 320 g/mol. The highest BCUT2D eigenvalue weighted by atomic mass is 79.9. The number of nitrogens with one attached hydrogen (secondary N) is 2. The fourth-order valence-corrected chi connectivity index (χ4v) is 2.28. The lowest BCUT2D eigenvalue weighted by atomic mass is 10.2. The van der Waals surface area contributed by atoms with E-state index in [0.717, 1.165) is 41.7 Å². The Morgan fingerprint density at radius 3 is 2.95 bits per heavy atom. The van der Waals surface area contributed by atoms with E-state index >= 15 is 0 Å².